The monoisotopic (exact) mass is 543 g/mol. The maximum Gasteiger partial charge on any atom is 0.329 e. The van der Waals surface area contributed by atoms with Crippen molar-refractivity contribution in [2.24, 2.45) is 5.10 Å². The van der Waals surface area contributed by atoms with Crippen LogP contribution >= 0.6 is 23.2 Å². The number of amides is 2. The Morgan fingerprint density at radius 3 is 2.54 bits per heavy atom. The molecule has 4 rings (SSSR count). The van der Waals surface area contributed by atoms with Crippen molar-refractivity contribution in [3.05, 3.63) is 81.3 Å². The van der Waals surface area contributed by atoms with Crippen LogP contribution in [-0.2, 0) is 22.7 Å². The van der Waals surface area contributed by atoms with Gasteiger partial charge >= 0.3 is 11.8 Å². The molecular weight excluding hydrogens is 521 g/mol. The van der Waals surface area contributed by atoms with Crippen LogP contribution in [0.2, 0.25) is 10.0 Å². The van der Waals surface area contributed by atoms with E-state index in [1.54, 1.807) is 48.5 Å². The third-order valence-electron chi connectivity index (χ3n) is 5.12. The van der Waals surface area contributed by atoms with Crippen molar-refractivity contribution >= 4 is 41.2 Å². The summed E-state index contributed by atoms with van der Waals surface area (Å²) < 4.78 is 22.1. The SMILES string of the molecule is CCOc1cc(/C=N\NC(=O)C(=O)NCc2ccc3c(c2)OCO3)ccc1OCc1ccc(Cl)c(Cl)c1. The van der Waals surface area contributed by atoms with Crippen molar-refractivity contribution < 1.29 is 28.5 Å². The third-order valence-corrected chi connectivity index (χ3v) is 5.86. The normalized spacial score (nSPS) is 11.9. The Balaban J connectivity index is 1.30. The van der Waals surface area contributed by atoms with E-state index < -0.39 is 11.8 Å². The Morgan fingerprint density at radius 2 is 1.73 bits per heavy atom. The van der Waals surface area contributed by atoms with Gasteiger partial charge in [-0.15, -0.1) is 0 Å². The van der Waals surface area contributed by atoms with Gasteiger partial charge in [-0.3, -0.25) is 9.59 Å². The molecule has 192 valence electrons. The van der Waals surface area contributed by atoms with Crippen LogP contribution in [0.5, 0.6) is 23.0 Å². The number of hydrogen-bond acceptors (Lipinski definition) is 7. The Hall–Kier alpha value is -3.95. The molecule has 0 aliphatic carbocycles. The predicted molar refractivity (Wildman–Crippen MR) is 139 cm³/mol. The number of rotatable bonds is 9. The van der Waals surface area contributed by atoms with Crippen molar-refractivity contribution in [2.45, 2.75) is 20.1 Å². The fraction of sp³-hybridized carbons (Fsp3) is 0.192. The second-order valence-corrected chi connectivity index (χ2v) is 8.56. The molecule has 0 fully saturated rings. The molecule has 1 aliphatic heterocycles. The van der Waals surface area contributed by atoms with Gasteiger partial charge in [0, 0.05) is 6.54 Å². The lowest BCUT2D eigenvalue weighted by Gasteiger charge is -2.13. The van der Waals surface area contributed by atoms with E-state index in [1.165, 1.54) is 6.21 Å². The van der Waals surface area contributed by atoms with Gasteiger partial charge in [-0.05, 0) is 66.1 Å². The van der Waals surface area contributed by atoms with Crippen molar-refractivity contribution in [3.8, 4) is 23.0 Å². The molecule has 0 unspecified atom stereocenters. The van der Waals surface area contributed by atoms with Crippen molar-refractivity contribution in [3.63, 3.8) is 0 Å². The first-order valence-corrected chi connectivity index (χ1v) is 12.0. The van der Waals surface area contributed by atoms with E-state index in [2.05, 4.69) is 15.8 Å². The standard InChI is InChI=1S/C26H23Cl2N3O6/c1-2-34-23-11-17(5-7-21(23)35-14-18-3-6-19(27)20(28)9-18)13-30-31-26(33)25(32)29-12-16-4-8-22-24(10-16)37-15-36-22/h3-11,13H,2,12,14-15H2,1H3,(H,29,32)(H,31,33)/b30-13-. The number of hydrazone groups is 1. The highest BCUT2D eigenvalue weighted by Gasteiger charge is 2.15. The topological polar surface area (TPSA) is 107 Å². The first-order chi connectivity index (χ1) is 17.9. The second-order valence-electron chi connectivity index (χ2n) is 7.75. The smallest absolute Gasteiger partial charge is 0.329 e. The first kappa shape index (κ1) is 26.1. The molecule has 1 aliphatic rings. The van der Waals surface area contributed by atoms with Crippen LogP contribution in [-0.4, -0.2) is 31.4 Å². The fourth-order valence-corrected chi connectivity index (χ4v) is 3.63. The predicted octanol–water partition coefficient (Wildman–Crippen LogP) is 4.47. The third kappa shape index (κ3) is 7.05. The lowest BCUT2D eigenvalue weighted by atomic mass is 10.2. The molecule has 3 aromatic carbocycles. The van der Waals surface area contributed by atoms with Crippen molar-refractivity contribution in [1.82, 2.24) is 10.7 Å². The molecule has 0 saturated carbocycles. The van der Waals surface area contributed by atoms with Gasteiger partial charge in [-0.1, -0.05) is 35.3 Å². The van der Waals surface area contributed by atoms with Gasteiger partial charge < -0.3 is 24.3 Å². The molecule has 9 nitrogen and oxygen atoms in total. The van der Waals surface area contributed by atoms with Gasteiger partial charge in [0.2, 0.25) is 6.79 Å². The van der Waals surface area contributed by atoms with E-state index in [-0.39, 0.29) is 19.9 Å². The van der Waals surface area contributed by atoms with Crippen LogP contribution in [0.4, 0.5) is 0 Å². The molecule has 1 heterocycles. The minimum atomic E-state index is -0.899. The highest BCUT2D eigenvalue weighted by molar-refractivity contribution is 6.42. The highest BCUT2D eigenvalue weighted by Crippen LogP contribution is 2.32. The minimum absolute atomic E-state index is 0.147. The highest BCUT2D eigenvalue weighted by atomic mass is 35.5. The van der Waals surface area contributed by atoms with E-state index in [4.69, 9.17) is 42.1 Å². The van der Waals surface area contributed by atoms with Gasteiger partial charge in [0.15, 0.2) is 23.0 Å². The van der Waals surface area contributed by atoms with Crippen LogP contribution in [0.25, 0.3) is 0 Å². The summed E-state index contributed by atoms with van der Waals surface area (Å²) in [6.07, 6.45) is 1.40. The second kappa shape index (κ2) is 12.3. The summed E-state index contributed by atoms with van der Waals surface area (Å²) in [5.41, 5.74) is 4.45. The molecule has 0 spiro atoms. The van der Waals surface area contributed by atoms with Crippen LogP contribution in [0, 0.1) is 0 Å². The number of nitrogens with one attached hydrogen (secondary N) is 2. The maximum absolute atomic E-state index is 12.1. The van der Waals surface area contributed by atoms with Gasteiger partial charge in [0.25, 0.3) is 0 Å². The van der Waals surface area contributed by atoms with E-state index in [9.17, 15) is 9.59 Å². The molecule has 0 bridgehead atoms. The summed E-state index contributed by atoms with van der Waals surface area (Å²) in [6, 6.07) is 15.7. The maximum atomic E-state index is 12.1. The number of ether oxygens (including phenoxy) is 4. The van der Waals surface area contributed by atoms with Crippen LogP contribution in [0.1, 0.15) is 23.6 Å². The average molecular weight is 544 g/mol. The Kier molecular flexibility index (Phi) is 8.71. The molecule has 2 amide bonds. The van der Waals surface area contributed by atoms with E-state index in [0.29, 0.717) is 45.2 Å². The molecule has 0 aromatic heterocycles. The van der Waals surface area contributed by atoms with E-state index in [0.717, 1.165) is 11.1 Å². The van der Waals surface area contributed by atoms with Crippen LogP contribution < -0.4 is 29.7 Å². The zero-order valence-corrected chi connectivity index (χ0v) is 21.3. The minimum Gasteiger partial charge on any atom is -0.490 e. The Morgan fingerprint density at radius 1 is 0.919 bits per heavy atom. The lowest BCUT2D eigenvalue weighted by molar-refractivity contribution is -0.139. The van der Waals surface area contributed by atoms with Crippen molar-refractivity contribution in [2.75, 3.05) is 13.4 Å². The lowest BCUT2D eigenvalue weighted by Crippen LogP contribution is -2.37. The number of nitrogens with zero attached hydrogens (tertiary/aromatic N) is 1. The summed E-state index contributed by atoms with van der Waals surface area (Å²) in [5.74, 6) is 0.537. The summed E-state index contributed by atoms with van der Waals surface area (Å²) >= 11 is 12.0. The van der Waals surface area contributed by atoms with Crippen LogP contribution in [0.15, 0.2) is 59.7 Å². The Labute approximate surface area is 223 Å². The van der Waals surface area contributed by atoms with Crippen LogP contribution in [0.3, 0.4) is 0 Å². The number of benzene rings is 3. The first-order valence-electron chi connectivity index (χ1n) is 11.3. The fourth-order valence-electron chi connectivity index (χ4n) is 3.31. The zero-order chi connectivity index (χ0) is 26.2. The summed E-state index contributed by atoms with van der Waals surface area (Å²) in [6.45, 7) is 2.85. The van der Waals surface area contributed by atoms with Gasteiger partial charge in [0.05, 0.1) is 22.9 Å². The molecule has 3 aromatic rings. The van der Waals surface area contributed by atoms with Gasteiger partial charge in [-0.2, -0.15) is 5.10 Å². The van der Waals surface area contributed by atoms with E-state index in [1.807, 2.05) is 13.0 Å². The van der Waals surface area contributed by atoms with Gasteiger partial charge in [-0.25, -0.2) is 5.43 Å². The number of fused-ring (bicyclic) bond motifs is 1. The molecular formula is C26H23Cl2N3O6. The zero-order valence-electron chi connectivity index (χ0n) is 19.8. The number of carbonyl (C=O) groups is 2. The molecule has 2 N–H and O–H groups in total. The van der Waals surface area contributed by atoms with Crippen molar-refractivity contribution in [1.29, 1.82) is 0 Å². The average Bonchev–Trinajstić information content (AvgIpc) is 3.37. The summed E-state index contributed by atoms with van der Waals surface area (Å²) in [7, 11) is 0. The number of carbonyl (C=O) groups excluding carboxylic acids is 2. The largest absolute Gasteiger partial charge is 0.490 e. The molecule has 0 saturated heterocycles. The molecule has 37 heavy (non-hydrogen) atoms. The quantitative estimate of drug-likeness (QED) is 0.234. The Bertz CT molecular complexity index is 1330. The molecule has 0 atom stereocenters. The summed E-state index contributed by atoms with van der Waals surface area (Å²) in [4.78, 5) is 24.2. The molecule has 0 radical (unpaired) electrons. The van der Waals surface area contributed by atoms with E-state index >= 15 is 0 Å². The van der Waals surface area contributed by atoms with Gasteiger partial charge in [0.1, 0.15) is 6.61 Å². The summed E-state index contributed by atoms with van der Waals surface area (Å²) in [5, 5.41) is 7.31. The number of halogens is 2. The number of hydrogen-bond donors (Lipinski definition) is 2. The molecule has 11 heteroatoms.